The molecule has 1 heterocycles. The molecule has 1 aromatic heterocycles. The number of tetrazole rings is 1. The van der Waals surface area contributed by atoms with Gasteiger partial charge in [0.25, 0.3) is 0 Å². The van der Waals surface area contributed by atoms with Crippen LogP contribution in [0, 0.1) is 12.8 Å². The van der Waals surface area contributed by atoms with Crippen LogP contribution in [0.25, 0.3) is 5.69 Å². The Bertz CT molecular complexity index is 702. The van der Waals surface area contributed by atoms with Gasteiger partial charge in [-0.3, -0.25) is 4.79 Å². The van der Waals surface area contributed by atoms with Gasteiger partial charge in [-0.15, -0.1) is 5.10 Å². The molecule has 2 aromatic rings. The summed E-state index contributed by atoms with van der Waals surface area (Å²) in [6.45, 7) is 8.60. The number of nitrogens with zero attached hydrogens (tertiary/aromatic N) is 4. The predicted molar refractivity (Wildman–Crippen MR) is 93.6 cm³/mol. The Morgan fingerprint density at radius 2 is 2.12 bits per heavy atom. The molecule has 0 aliphatic rings. The van der Waals surface area contributed by atoms with Gasteiger partial charge < -0.3 is 10.1 Å². The summed E-state index contributed by atoms with van der Waals surface area (Å²) in [5.41, 5.74) is 1.82. The van der Waals surface area contributed by atoms with E-state index in [0.29, 0.717) is 23.4 Å². The molecule has 1 aromatic carbocycles. The fourth-order valence-corrected chi connectivity index (χ4v) is 2.85. The molecule has 1 amide bonds. The molecule has 1 atom stereocenters. The summed E-state index contributed by atoms with van der Waals surface area (Å²) in [6.07, 6.45) is 0. The lowest BCUT2D eigenvalue weighted by Gasteiger charge is -2.14. The van der Waals surface area contributed by atoms with Crippen LogP contribution < -0.4 is 10.1 Å². The van der Waals surface area contributed by atoms with Gasteiger partial charge in [0.1, 0.15) is 11.4 Å². The first kappa shape index (κ1) is 18.3. The van der Waals surface area contributed by atoms with E-state index in [0.717, 1.165) is 11.3 Å². The van der Waals surface area contributed by atoms with Crippen molar-refractivity contribution in [2.24, 2.45) is 5.92 Å². The van der Waals surface area contributed by atoms with Gasteiger partial charge in [0.15, 0.2) is 0 Å². The predicted octanol–water partition coefficient (Wildman–Crippen LogP) is 2.23. The molecular formula is C16H23N5O2S. The van der Waals surface area contributed by atoms with Crippen molar-refractivity contribution < 1.29 is 9.53 Å². The van der Waals surface area contributed by atoms with Gasteiger partial charge in [-0.1, -0.05) is 31.7 Å². The van der Waals surface area contributed by atoms with Gasteiger partial charge in [-0.25, -0.2) is 0 Å². The molecule has 0 radical (unpaired) electrons. The van der Waals surface area contributed by atoms with Crippen molar-refractivity contribution in [2.45, 2.75) is 38.1 Å². The summed E-state index contributed by atoms with van der Waals surface area (Å²) in [6, 6.07) is 5.78. The second kappa shape index (κ2) is 8.14. The Morgan fingerprint density at radius 1 is 1.38 bits per heavy atom. The highest BCUT2D eigenvalue weighted by molar-refractivity contribution is 8.00. The average Bonchev–Trinajstić information content (AvgIpc) is 3.00. The minimum atomic E-state index is -0.302. The number of hydrogen-bond acceptors (Lipinski definition) is 6. The van der Waals surface area contributed by atoms with Gasteiger partial charge in [0.2, 0.25) is 11.1 Å². The monoisotopic (exact) mass is 349 g/mol. The van der Waals surface area contributed by atoms with Crippen LogP contribution in [0.5, 0.6) is 5.75 Å². The van der Waals surface area contributed by atoms with E-state index in [-0.39, 0.29) is 11.2 Å². The van der Waals surface area contributed by atoms with E-state index in [9.17, 15) is 4.79 Å². The normalized spacial score (nSPS) is 12.2. The maximum atomic E-state index is 12.2. The van der Waals surface area contributed by atoms with Crippen molar-refractivity contribution in [2.75, 3.05) is 13.7 Å². The minimum absolute atomic E-state index is 0.0283. The van der Waals surface area contributed by atoms with Crippen LogP contribution in [0.15, 0.2) is 23.4 Å². The zero-order chi connectivity index (χ0) is 17.7. The standard InChI is InChI=1S/C16H23N5O2S/c1-10(2)9-17-15(22)12(4)24-16-18-19-20-21(16)13-8-11(3)6-7-14(13)23-5/h6-8,10,12H,9H2,1-5H3,(H,17,22). The maximum absolute atomic E-state index is 12.2. The van der Waals surface area contributed by atoms with Crippen LogP contribution in [0.1, 0.15) is 26.3 Å². The van der Waals surface area contributed by atoms with Crippen LogP contribution in [-0.2, 0) is 4.79 Å². The van der Waals surface area contributed by atoms with Gasteiger partial charge >= 0.3 is 0 Å². The highest BCUT2D eigenvalue weighted by Gasteiger charge is 2.20. The van der Waals surface area contributed by atoms with Crippen molar-refractivity contribution in [3.05, 3.63) is 23.8 Å². The first-order valence-corrected chi connectivity index (χ1v) is 8.68. The summed E-state index contributed by atoms with van der Waals surface area (Å²) in [7, 11) is 1.60. The second-order valence-electron chi connectivity index (χ2n) is 5.95. The lowest BCUT2D eigenvalue weighted by molar-refractivity contribution is -0.120. The summed E-state index contributed by atoms with van der Waals surface area (Å²) in [5, 5.41) is 15.0. The molecular weight excluding hydrogens is 326 g/mol. The largest absolute Gasteiger partial charge is 0.494 e. The zero-order valence-corrected chi connectivity index (χ0v) is 15.4. The zero-order valence-electron chi connectivity index (χ0n) is 14.6. The van der Waals surface area contributed by atoms with E-state index >= 15 is 0 Å². The smallest absolute Gasteiger partial charge is 0.233 e. The quantitative estimate of drug-likeness (QED) is 0.772. The lowest BCUT2D eigenvalue weighted by atomic mass is 10.2. The van der Waals surface area contributed by atoms with E-state index in [4.69, 9.17) is 4.74 Å². The third-order valence-electron chi connectivity index (χ3n) is 3.34. The van der Waals surface area contributed by atoms with Crippen molar-refractivity contribution in [3.8, 4) is 11.4 Å². The Hall–Kier alpha value is -2.09. The molecule has 0 aliphatic heterocycles. The van der Waals surface area contributed by atoms with Crippen molar-refractivity contribution in [1.82, 2.24) is 25.5 Å². The van der Waals surface area contributed by atoms with E-state index in [2.05, 4.69) is 34.7 Å². The number of carbonyl (C=O) groups is 1. The fourth-order valence-electron chi connectivity index (χ4n) is 2.03. The summed E-state index contributed by atoms with van der Waals surface area (Å²) in [5.74, 6) is 1.05. The number of carbonyl (C=O) groups excluding carboxylic acids is 1. The summed E-state index contributed by atoms with van der Waals surface area (Å²) < 4.78 is 6.99. The highest BCUT2D eigenvalue weighted by Crippen LogP contribution is 2.28. The van der Waals surface area contributed by atoms with E-state index in [1.165, 1.54) is 11.8 Å². The Balaban J connectivity index is 2.19. The van der Waals surface area contributed by atoms with Gasteiger partial charge in [0, 0.05) is 6.54 Å². The number of benzene rings is 1. The number of ether oxygens (including phenoxy) is 1. The number of rotatable bonds is 7. The van der Waals surface area contributed by atoms with Crippen molar-refractivity contribution in [3.63, 3.8) is 0 Å². The molecule has 0 saturated heterocycles. The summed E-state index contributed by atoms with van der Waals surface area (Å²) >= 11 is 1.32. The van der Waals surface area contributed by atoms with Gasteiger partial charge in [0.05, 0.1) is 12.4 Å². The van der Waals surface area contributed by atoms with Crippen LogP contribution in [-0.4, -0.2) is 45.0 Å². The number of aryl methyl sites for hydroxylation is 1. The molecule has 0 saturated carbocycles. The molecule has 0 bridgehead atoms. The van der Waals surface area contributed by atoms with Gasteiger partial charge in [-0.05, 0) is 47.9 Å². The highest BCUT2D eigenvalue weighted by atomic mass is 32.2. The molecule has 24 heavy (non-hydrogen) atoms. The lowest BCUT2D eigenvalue weighted by Crippen LogP contribution is -2.33. The molecule has 2 rings (SSSR count). The van der Waals surface area contributed by atoms with Gasteiger partial charge in [-0.2, -0.15) is 4.68 Å². The van der Waals surface area contributed by atoms with Crippen molar-refractivity contribution >= 4 is 17.7 Å². The first-order chi connectivity index (χ1) is 11.4. The maximum Gasteiger partial charge on any atom is 0.233 e. The number of methoxy groups -OCH3 is 1. The second-order valence-corrected chi connectivity index (χ2v) is 7.26. The molecule has 1 N–H and O–H groups in total. The molecule has 130 valence electrons. The Labute approximate surface area is 146 Å². The minimum Gasteiger partial charge on any atom is -0.494 e. The molecule has 0 fully saturated rings. The molecule has 0 aliphatic carbocycles. The van der Waals surface area contributed by atoms with Crippen LogP contribution in [0.2, 0.25) is 0 Å². The number of nitrogens with one attached hydrogen (secondary N) is 1. The number of thioether (sulfide) groups is 1. The van der Waals surface area contributed by atoms with Crippen LogP contribution in [0.4, 0.5) is 0 Å². The van der Waals surface area contributed by atoms with Crippen LogP contribution >= 0.6 is 11.8 Å². The molecule has 0 spiro atoms. The SMILES string of the molecule is COc1ccc(C)cc1-n1nnnc1SC(C)C(=O)NCC(C)C. The molecule has 1 unspecified atom stereocenters. The van der Waals surface area contributed by atoms with Crippen LogP contribution in [0.3, 0.4) is 0 Å². The van der Waals surface area contributed by atoms with Crippen molar-refractivity contribution in [1.29, 1.82) is 0 Å². The number of aromatic nitrogens is 4. The average molecular weight is 349 g/mol. The van der Waals surface area contributed by atoms with E-state index < -0.39 is 0 Å². The Kier molecular flexibility index (Phi) is 6.19. The topological polar surface area (TPSA) is 81.9 Å². The number of hydrogen-bond donors (Lipinski definition) is 1. The fraction of sp³-hybridized carbons (Fsp3) is 0.500. The third kappa shape index (κ3) is 4.47. The molecule has 7 nitrogen and oxygen atoms in total. The number of amides is 1. The summed E-state index contributed by atoms with van der Waals surface area (Å²) in [4.78, 5) is 12.2. The van der Waals surface area contributed by atoms with E-state index in [1.54, 1.807) is 11.8 Å². The third-order valence-corrected chi connectivity index (χ3v) is 4.37. The first-order valence-electron chi connectivity index (χ1n) is 7.80. The van der Waals surface area contributed by atoms with E-state index in [1.807, 2.05) is 32.0 Å². The molecule has 8 heteroatoms. The Morgan fingerprint density at radius 3 is 2.79 bits per heavy atom.